The van der Waals surface area contributed by atoms with Gasteiger partial charge in [0.15, 0.2) is 0 Å². The molecule has 1 N–H and O–H groups in total. The fraction of sp³-hybridized carbons (Fsp3) is 0.350. The molecule has 1 saturated heterocycles. The molecule has 140 valence electrons. The molecule has 0 spiro atoms. The summed E-state index contributed by atoms with van der Waals surface area (Å²) in [6, 6.07) is 11.4. The van der Waals surface area contributed by atoms with Crippen LogP contribution < -0.4 is 4.84 Å². The van der Waals surface area contributed by atoms with Crippen molar-refractivity contribution >= 4 is 0 Å². The highest BCUT2D eigenvalue weighted by atomic mass is 16.7. The van der Waals surface area contributed by atoms with Crippen LogP contribution in [-0.4, -0.2) is 42.2 Å². The van der Waals surface area contributed by atoms with Crippen LogP contribution in [0.5, 0.6) is 11.6 Å². The molecule has 7 heteroatoms. The topological polar surface area (TPSA) is 76.3 Å². The summed E-state index contributed by atoms with van der Waals surface area (Å²) in [4.78, 5) is 5.98. The van der Waals surface area contributed by atoms with Gasteiger partial charge >= 0.3 is 0 Å². The number of phenols is 1. The number of rotatable bonds is 4. The van der Waals surface area contributed by atoms with Crippen LogP contribution in [0.1, 0.15) is 33.1 Å². The molecule has 0 amide bonds. The second kappa shape index (κ2) is 7.36. The van der Waals surface area contributed by atoms with Crippen molar-refractivity contribution < 1.29 is 9.94 Å². The molecule has 2 aromatic heterocycles. The summed E-state index contributed by atoms with van der Waals surface area (Å²) in [5, 5.41) is 25.2. The van der Waals surface area contributed by atoms with Crippen molar-refractivity contribution in [3.63, 3.8) is 0 Å². The van der Waals surface area contributed by atoms with Gasteiger partial charge in [-0.3, -0.25) is 0 Å². The molecule has 27 heavy (non-hydrogen) atoms. The Kier molecular flexibility index (Phi) is 4.77. The molecule has 0 aliphatic carbocycles. The van der Waals surface area contributed by atoms with Gasteiger partial charge in [-0.25, -0.2) is 4.68 Å². The average Bonchev–Trinajstić information content (AvgIpc) is 3.20. The lowest BCUT2D eigenvalue weighted by atomic mass is 10.0. The zero-order valence-electron chi connectivity index (χ0n) is 15.5. The molecule has 0 saturated carbocycles. The second-order valence-corrected chi connectivity index (χ2v) is 6.96. The van der Waals surface area contributed by atoms with Crippen LogP contribution in [0.4, 0.5) is 0 Å². The number of aromatic hydroxyl groups is 1. The Morgan fingerprint density at radius 2 is 1.85 bits per heavy atom. The Morgan fingerprint density at radius 1 is 1.04 bits per heavy atom. The lowest BCUT2D eigenvalue weighted by molar-refractivity contribution is -0.142. The van der Waals surface area contributed by atoms with Crippen molar-refractivity contribution in [1.29, 1.82) is 0 Å². The normalized spacial score (nSPS) is 20.5. The minimum absolute atomic E-state index is 0.129. The van der Waals surface area contributed by atoms with E-state index in [1.54, 1.807) is 29.1 Å². The molecule has 0 radical (unpaired) electrons. The maximum absolute atomic E-state index is 10.4. The number of hydrogen-bond donors (Lipinski definition) is 1. The highest BCUT2D eigenvalue weighted by Crippen LogP contribution is 2.33. The van der Waals surface area contributed by atoms with Gasteiger partial charge in [-0.05, 0) is 51.0 Å². The van der Waals surface area contributed by atoms with E-state index in [0.717, 1.165) is 18.5 Å². The quantitative estimate of drug-likeness (QED) is 0.761. The Hall–Kier alpha value is -2.93. The van der Waals surface area contributed by atoms with Gasteiger partial charge in [-0.15, -0.1) is 15.3 Å². The molecule has 0 bridgehead atoms. The number of aromatic nitrogens is 4. The number of hydroxylamine groups is 2. The number of phenolic OH excluding ortho intramolecular Hbond substituents is 1. The van der Waals surface area contributed by atoms with E-state index in [-0.39, 0.29) is 5.75 Å². The zero-order valence-corrected chi connectivity index (χ0v) is 15.5. The summed E-state index contributed by atoms with van der Waals surface area (Å²) in [7, 11) is 0. The van der Waals surface area contributed by atoms with Gasteiger partial charge in [0.1, 0.15) is 5.75 Å². The Morgan fingerprint density at radius 3 is 2.52 bits per heavy atom. The van der Waals surface area contributed by atoms with E-state index in [2.05, 4.69) is 29.1 Å². The van der Waals surface area contributed by atoms with Crippen LogP contribution in [0, 0.1) is 0 Å². The Bertz CT molecular complexity index is 885. The molecule has 3 aromatic rings. The predicted molar refractivity (Wildman–Crippen MR) is 101 cm³/mol. The van der Waals surface area contributed by atoms with E-state index in [9.17, 15) is 5.11 Å². The molecule has 1 aliphatic heterocycles. The van der Waals surface area contributed by atoms with Crippen LogP contribution in [0.15, 0.2) is 48.8 Å². The second-order valence-electron chi connectivity index (χ2n) is 6.96. The third-order valence-electron chi connectivity index (χ3n) is 4.98. The first-order valence-corrected chi connectivity index (χ1v) is 9.26. The lowest BCUT2D eigenvalue weighted by Gasteiger charge is -2.36. The Labute approximate surface area is 158 Å². The third kappa shape index (κ3) is 3.50. The van der Waals surface area contributed by atoms with E-state index in [1.165, 1.54) is 6.42 Å². The van der Waals surface area contributed by atoms with Crippen LogP contribution in [0.3, 0.4) is 0 Å². The monoisotopic (exact) mass is 365 g/mol. The third-order valence-corrected chi connectivity index (χ3v) is 4.98. The van der Waals surface area contributed by atoms with Gasteiger partial charge in [0.05, 0.1) is 16.9 Å². The maximum Gasteiger partial charge on any atom is 0.257 e. The van der Waals surface area contributed by atoms with Gasteiger partial charge in [0, 0.05) is 30.5 Å². The van der Waals surface area contributed by atoms with E-state index in [0.29, 0.717) is 29.2 Å². The van der Waals surface area contributed by atoms with Gasteiger partial charge in [0.2, 0.25) is 0 Å². The predicted octanol–water partition coefficient (Wildman–Crippen LogP) is 3.59. The van der Waals surface area contributed by atoms with Crippen molar-refractivity contribution in [3.8, 4) is 28.6 Å². The molecular formula is C20H23N5O2. The molecule has 2 unspecified atom stereocenters. The van der Waals surface area contributed by atoms with Crippen molar-refractivity contribution in [2.75, 3.05) is 0 Å². The number of nitrogens with zero attached hydrogens (tertiary/aromatic N) is 5. The molecule has 4 rings (SSSR count). The van der Waals surface area contributed by atoms with Crippen molar-refractivity contribution in [1.82, 2.24) is 25.0 Å². The minimum Gasteiger partial charge on any atom is -0.507 e. The number of hydrogen-bond acceptors (Lipinski definition) is 6. The van der Waals surface area contributed by atoms with Crippen molar-refractivity contribution in [3.05, 3.63) is 48.8 Å². The fourth-order valence-corrected chi connectivity index (χ4v) is 3.58. The van der Waals surface area contributed by atoms with Crippen LogP contribution >= 0.6 is 0 Å². The summed E-state index contributed by atoms with van der Waals surface area (Å²) in [5.41, 5.74) is 1.88. The highest BCUT2D eigenvalue weighted by molar-refractivity contribution is 5.75. The maximum atomic E-state index is 10.4. The van der Waals surface area contributed by atoms with Crippen LogP contribution in [0.25, 0.3) is 16.9 Å². The molecular weight excluding hydrogens is 342 g/mol. The van der Waals surface area contributed by atoms with Gasteiger partial charge < -0.3 is 9.94 Å². The average molecular weight is 365 g/mol. The summed E-state index contributed by atoms with van der Waals surface area (Å²) < 4.78 is 1.69. The summed E-state index contributed by atoms with van der Waals surface area (Å²) in [6.45, 7) is 4.33. The first-order chi connectivity index (χ1) is 13.1. The number of piperidine rings is 1. The van der Waals surface area contributed by atoms with E-state index in [4.69, 9.17) is 4.84 Å². The lowest BCUT2D eigenvalue weighted by Crippen LogP contribution is -2.45. The van der Waals surface area contributed by atoms with E-state index in [1.807, 2.05) is 29.5 Å². The fourth-order valence-electron chi connectivity index (χ4n) is 3.58. The van der Waals surface area contributed by atoms with Crippen molar-refractivity contribution in [2.45, 2.75) is 45.2 Å². The summed E-state index contributed by atoms with van der Waals surface area (Å²) in [6.07, 6.45) is 6.96. The van der Waals surface area contributed by atoms with Gasteiger partial charge in [-0.1, -0.05) is 12.5 Å². The first-order valence-electron chi connectivity index (χ1n) is 9.26. The smallest absolute Gasteiger partial charge is 0.257 e. The molecule has 1 fully saturated rings. The van der Waals surface area contributed by atoms with Crippen molar-refractivity contribution in [2.24, 2.45) is 0 Å². The largest absolute Gasteiger partial charge is 0.507 e. The minimum atomic E-state index is 0.129. The van der Waals surface area contributed by atoms with E-state index < -0.39 is 0 Å². The molecule has 1 aliphatic rings. The van der Waals surface area contributed by atoms with Gasteiger partial charge in [-0.2, -0.15) is 5.10 Å². The highest BCUT2D eigenvalue weighted by Gasteiger charge is 2.27. The summed E-state index contributed by atoms with van der Waals surface area (Å²) >= 11 is 0. The number of benzene rings is 1. The molecule has 7 nitrogen and oxygen atoms in total. The van der Waals surface area contributed by atoms with Gasteiger partial charge in [0.25, 0.3) is 5.88 Å². The van der Waals surface area contributed by atoms with Crippen LogP contribution in [0.2, 0.25) is 0 Å². The zero-order chi connectivity index (χ0) is 18.8. The SMILES string of the molecule is CC1CCCC(C)N1Oc1ccc(-c2c(O)cccc2-n2cccn2)nn1. The standard InChI is InChI=1S/C20H23N5O2/c1-14-6-3-7-15(2)25(14)27-19-11-10-16(22-23-19)20-17(8-4-9-18(20)26)24-13-5-12-21-24/h4-5,8-15,26H,3,6-7H2,1-2H3. The molecule has 2 atom stereocenters. The van der Waals surface area contributed by atoms with Crippen LogP contribution in [-0.2, 0) is 0 Å². The Balaban J connectivity index is 1.62. The molecule has 3 heterocycles. The summed E-state index contributed by atoms with van der Waals surface area (Å²) in [5.74, 6) is 0.583. The van der Waals surface area contributed by atoms with E-state index >= 15 is 0 Å². The first kappa shape index (κ1) is 17.5. The molecule has 1 aromatic carbocycles.